The van der Waals surface area contributed by atoms with E-state index < -0.39 is 0 Å². The Morgan fingerprint density at radius 3 is 2.90 bits per heavy atom. The Bertz CT molecular complexity index is 429. The fourth-order valence-electron chi connectivity index (χ4n) is 3.79. The predicted octanol–water partition coefficient (Wildman–Crippen LogP) is 3.02. The molecule has 4 unspecified atom stereocenters. The van der Waals surface area contributed by atoms with Crippen molar-refractivity contribution in [2.75, 3.05) is 32.9 Å². The number of allylic oxidation sites excluding steroid dienone is 1. The third kappa shape index (κ3) is 3.25. The topological polar surface area (TPSA) is 21.7 Å². The highest BCUT2D eigenvalue weighted by Gasteiger charge is 2.40. The molecule has 0 aromatic carbocycles. The molecule has 3 rings (SSSR count). The quantitative estimate of drug-likeness (QED) is 0.640. The molecule has 2 saturated heterocycles. The van der Waals surface area contributed by atoms with Crippen LogP contribution in [0.5, 0.6) is 0 Å². The molecule has 0 aromatic heterocycles. The largest absolute Gasteiger partial charge is 0.377 e. The highest BCUT2D eigenvalue weighted by molar-refractivity contribution is 5.23. The lowest BCUT2D eigenvalue weighted by Gasteiger charge is -2.28. The highest BCUT2D eigenvalue weighted by Crippen LogP contribution is 2.32. The van der Waals surface area contributed by atoms with Crippen LogP contribution in [0.3, 0.4) is 0 Å². The van der Waals surface area contributed by atoms with E-state index in [9.17, 15) is 0 Å². The maximum atomic E-state index is 6.30. The van der Waals surface area contributed by atoms with Gasteiger partial charge in [-0.2, -0.15) is 0 Å². The van der Waals surface area contributed by atoms with Gasteiger partial charge in [-0.25, -0.2) is 0 Å². The zero-order valence-corrected chi connectivity index (χ0v) is 13.7. The summed E-state index contributed by atoms with van der Waals surface area (Å²) in [6, 6.07) is 0.468. The van der Waals surface area contributed by atoms with E-state index >= 15 is 0 Å². The molecule has 0 aromatic rings. The van der Waals surface area contributed by atoms with Gasteiger partial charge in [0, 0.05) is 19.7 Å². The Balaban J connectivity index is 1.74. The molecule has 0 spiro atoms. The molecule has 3 heteroatoms. The van der Waals surface area contributed by atoms with E-state index in [1.165, 1.54) is 11.1 Å². The summed E-state index contributed by atoms with van der Waals surface area (Å²) in [5, 5.41) is 0. The average molecular weight is 291 g/mol. The number of ether oxygens (including phenoxy) is 2. The summed E-state index contributed by atoms with van der Waals surface area (Å²) in [6.45, 7) is 11.5. The van der Waals surface area contributed by atoms with Crippen molar-refractivity contribution in [3.8, 4) is 0 Å². The Morgan fingerprint density at radius 1 is 1.24 bits per heavy atom. The maximum Gasteiger partial charge on any atom is 0.0786 e. The molecule has 0 bridgehead atoms. The first-order chi connectivity index (χ1) is 10.2. The number of hydrogen-bond acceptors (Lipinski definition) is 3. The normalized spacial score (nSPS) is 40.5. The van der Waals surface area contributed by atoms with Crippen LogP contribution in [0.2, 0.25) is 0 Å². The molecule has 0 amide bonds. The third-order valence-corrected chi connectivity index (χ3v) is 5.51. The lowest BCUT2D eigenvalue weighted by molar-refractivity contribution is 0.0390. The van der Waals surface area contributed by atoms with Crippen LogP contribution in [-0.4, -0.2) is 50.0 Å². The summed E-state index contributed by atoms with van der Waals surface area (Å²) >= 11 is 0. The van der Waals surface area contributed by atoms with Crippen molar-refractivity contribution in [3.05, 3.63) is 23.3 Å². The Kier molecular flexibility index (Phi) is 4.82. The number of hydrogen-bond donors (Lipinski definition) is 0. The van der Waals surface area contributed by atoms with Gasteiger partial charge in [0.25, 0.3) is 0 Å². The standard InChI is InChI=1S/C18H29NO2/c1-4-15-9-13(2)14(3)10-20-12-16-5-7-19-8-6-17(18(16)19)21-11-15/h4-5,13-14,17-18H,6-12H2,1-3H3. The molecule has 118 valence electrons. The van der Waals surface area contributed by atoms with Gasteiger partial charge in [-0.3, -0.25) is 4.90 Å². The summed E-state index contributed by atoms with van der Waals surface area (Å²) in [4.78, 5) is 2.54. The summed E-state index contributed by atoms with van der Waals surface area (Å²) in [6.07, 6.45) is 7.24. The number of rotatable bonds is 0. The molecule has 3 heterocycles. The van der Waals surface area contributed by atoms with Gasteiger partial charge in [-0.15, -0.1) is 0 Å². The van der Waals surface area contributed by atoms with Crippen molar-refractivity contribution in [1.29, 1.82) is 0 Å². The molecule has 0 aliphatic carbocycles. The van der Waals surface area contributed by atoms with E-state index in [1.807, 2.05) is 0 Å². The fourth-order valence-corrected chi connectivity index (χ4v) is 3.79. The Hall–Kier alpha value is -0.640. The van der Waals surface area contributed by atoms with Crippen molar-refractivity contribution < 1.29 is 9.47 Å². The Labute approximate surface area is 129 Å². The second-order valence-corrected chi connectivity index (χ2v) is 6.98. The lowest BCUT2D eigenvalue weighted by atomic mass is 9.90. The van der Waals surface area contributed by atoms with Gasteiger partial charge in [0.1, 0.15) is 0 Å². The van der Waals surface area contributed by atoms with E-state index in [0.29, 0.717) is 24.0 Å². The van der Waals surface area contributed by atoms with E-state index in [4.69, 9.17) is 9.47 Å². The monoisotopic (exact) mass is 291 g/mol. The second-order valence-electron chi connectivity index (χ2n) is 6.98. The third-order valence-electron chi connectivity index (χ3n) is 5.51. The fraction of sp³-hybridized carbons (Fsp3) is 0.778. The lowest BCUT2D eigenvalue weighted by Crippen LogP contribution is -2.35. The first kappa shape index (κ1) is 15.3. The minimum Gasteiger partial charge on any atom is -0.377 e. The van der Waals surface area contributed by atoms with Crippen molar-refractivity contribution >= 4 is 0 Å². The van der Waals surface area contributed by atoms with Gasteiger partial charge < -0.3 is 9.47 Å². The van der Waals surface area contributed by atoms with Gasteiger partial charge in [-0.05, 0) is 42.7 Å². The smallest absolute Gasteiger partial charge is 0.0786 e. The summed E-state index contributed by atoms with van der Waals surface area (Å²) in [5.74, 6) is 1.24. The van der Waals surface area contributed by atoms with Gasteiger partial charge in [0.2, 0.25) is 0 Å². The molecule has 3 aliphatic rings. The first-order valence-electron chi connectivity index (χ1n) is 8.45. The molecule has 0 radical (unpaired) electrons. The summed E-state index contributed by atoms with van der Waals surface area (Å²) in [7, 11) is 0. The Morgan fingerprint density at radius 2 is 2.10 bits per heavy atom. The summed E-state index contributed by atoms with van der Waals surface area (Å²) in [5.41, 5.74) is 2.89. The van der Waals surface area contributed by atoms with Crippen molar-refractivity contribution in [3.63, 3.8) is 0 Å². The highest BCUT2D eigenvalue weighted by atomic mass is 16.5. The maximum absolute atomic E-state index is 6.30. The van der Waals surface area contributed by atoms with Gasteiger partial charge in [0.15, 0.2) is 0 Å². The minimum atomic E-state index is 0.351. The van der Waals surface area contributed by atoms with E-state index in [-0.39, 0.29) is 0 Å². The van der Waals surface area contributed by atoms with Crippen LogP contribution in [0.1, 0.15) is 33.6 Å². The predicted molar refractivity (Wildman–Crippen MR) is 85.3 cm³/mol. The second kappa shape index (κ2) is 6.64. The first-order valence-corrected chi connectivity index (χ1v) is 8.45. The molecule has 0 saturated carbocycles. The van der Waals surface area contributed by atoms with Crippen molar-refractivity contribution in [2.45, 2.75) is 45.8 Å². The van der Waals surface area contributed by atoms with E-state index in [2.05, 4.69) is 37.8 Å². The molecule has 3 aliphatic heterocycles. The van der Waals surface area contributed by atoms with Crippen LogP contribution < -0.4 is 0 Å². The van der Waals surface area contributed by atoms with Crippen LogP contribution in [0.25, 0.3) is 0 Å². The van der Waals surface area contributed by atoms with Crippen LogP contribution in [-0.2, 0) is 9.47 Å². The molecule has 2 fully saturated rings. The van der Waals surface area contributed by atoms with Gasteiger partial charge in [0.05, 0.1) is 25.4 Å². The summed E-state index contributed by atoms with van der Waals surface area (Å²) < 4.78 is 12.3. The zero-order valence-electron chi connectivity index (χ0n) is 13.7. The molecule has 3 nitrogen and oxygen atoms in total. The SMILES string of the molecule is CC=C1COC2CCN3CC=C(COCC(C)C(C)C1)C23. The van der Waals surface area contributed by atoms with Crippen molar-refractivity contribution in [2.24, 2.45) is 11.8 Å². The average Bonchev–Trinajstić information content (AvgIpc) is 3.05. The number of nitrogens with zero attached hydrogens (tertiary/aromatic N) is 1. The minimum absolute atomic E-state index is 0.351. The van der Waals surface area contributed by atoms with E-state index in [0.717, 1.165) is 45.8 Å². The molecule has 4 atom stereocenters. The molecule has 0 N–H and O–H groups in total. The molecule has 21 heavy (non-hydrogen) atoms. The van der Waals surface area contributed by atoms with Crippen LogP contribution in [0.4, 0.5) is 0 Å². The van der Waals surface area contributed by atoms with Crippen LogP contribution >= 0.6 is 0 Å². The zero-order chi connectivity index (χ0) is 14.8. The van der Waals surface area contributed by atoms with Gasteiger partial charge in [-0.1, -0.05) is 26.0 Å². The van der Waals surface area contributed by atoms with Gasteiger partial charge >= 0.3 is 0 Å². The van der Waals surface area contributed by atoms with E-state index in [1.54, 1.807) is 0 Å². The van der Waals surface area contributed by atoms with Crippen LogP contribution in [0, 0.1) is 11.8 Å². The van der Waals surface area contributed by atoms with Crippen molar-refractivity contribution in [1.82, 2.24) is 4.90 Å². The molecular weight excluding hydrogens is 262 g/mol. The van der Waals surface area contributed by atoms with Crippen LogP contribution in [0.15, 0.2) is 23.3 Å². The molecular formula is C18H29NO2.